The van der Waals surface area contributed by atoms with E-state index >= 15 is 0 Å². The molecule has 0 aliphatic rings. The van der Waals surface area contributed by atoms with Gasteiger partial charge in [-0.25, -0.2) is 0 Å². The summed E-state index contributed by atoms with van der Waals surface area (Å²) in [6, 6.07) is 4.19. The summed E-state index contributed by atoms with van der Waals surface area (Å²) in [5.41, 5.74) is 8.91. The second-order valence-corrected chi connectivity index (χ2v) is 5.26. The Morgan fingerprint density at radius 1 is 1.06 bits per heavy atom. The maximum Gasteiger partial charge on any atom is 0.147 e. The third-order valence-electron chi connectivity index (χ3n) is 2.16. The third kappa shape index (κ3) is 4.05. The van der Waals surface area contributed by atoms with Crippen LogP contribution in [0.2, 0.25) is 0 Å². The second kappa shape index (κ2) is 7.27. The molecule has 0 aliphatic carbocycles. The smallest absolute Gasteiger partial charge is 0.147 e. The van der Waals surface area contributed by atoms with E-state index in [-0.39, 0.29) is 0 Å². The monoisotopic (exact) mass is 352 g/mol. The number of quaternary nitrogens is 2. The lowest BCUT2D eigenvalue weighted by Crippen LogP contribution is -2.51. The zero-order valence-electron chi connectivity index (χ0n) is 9.27. The van der Waals surface area contributed by atoms with Gasteiger partial charge in [0.05, 0.1) is 28.6 Å². The van der Waals surface area contributed by atoms with Gasteiger partial charge in [0.15, 0.2) is 0 Å². The molecule has 0 radical (unpaired) electrons. The van der Waals surface area contributed by atoms with E-state index in [1.165, 1.54) is 5.56 Å². The number of hydrogen-bond donors (Lipinski definition) is 2. The molecule has 0 atom stereocenters. The van der Waals surface area contributed by atoms with Crippen LogP contribution in [0, 0.1) is 0 Å². The van der Waals surface area contributed by atoms with Crippen LogP contribution >= 0.6 is 31.9 Å². The molecule has 3 nitrogen and oxygen atoms in total. The first-order chi connectivity index (χ1) is 7.69. The van der Waals surface area contributed by atoms with E-state index in [2.05, 4.69) is 55.5 Å². The van der Waals surface area contributed by atoms with Gasteiger partial charge in [-0.3, -0.25) is 0 Å². The first kappa shape index (κ1) is 14.0. The highest BCUT2D eigenvalue weighted by atomic mass is 79.9. The van der Waals surface area contributed by atoms with Crippen LogP contribution < -0.4 is 16.2 Å². The summed E-state index contributed by atoms with van der Waals surface area (Å²) in [6.45, 7) is 2.50. The summed E-state index contributed by atoms with van der Waals surface area (Å²) in [5.74, 6) is 0.876. The highest BCUT2D eigenvalue weighted by Crippen LogP contribution is 2.34. The lowest BCUT2D eigenvalue weighted by atomic mass is 10.1. The fourth-order valence-electron chi connectivity index (χ4n) is 1.38. The maximum absolute atomic E-state index is 5.69. The van der Waals surface area contributed by atoms with Crippen LogP contribution in [0.1, 0.15) is 12.0 Å². The van der Waals surface area contributed by atoms with Gasteiger partial charge in [-0.1, -0.05) is 0 Å². The van der Waals surface area contributed by atoms with Gasteiger partial charge in [0.1, 0.15) is 5.75 Å². The van der Waals surface area contributed by atoms with Crippen molar-refractivity contribution in [3.8, 4) is 5.75 Å². The van der Waals surface area contributed by atoms with Gasteiger partial charge in [-0.2, -0.15) is 0 Å². The summed E-state index contributed by atoms with van der Waals surface area (Å²) < 4.78 is 7.68. The first-order valence-electron chi connectivity index (χ1n) is 5.38. The first-order valence-corrected chi connectivity index (χ1v) is 6.97. The summed E-state index contributed by atoms with van der Waals surface area (Å²) in [7, 11) is 0. The molecule has 0 saturated carbocycles. The molecular weight excluding hydrogens is 336 g/mol. The normalized spacial score (nSPS) is 10.5. The molecule has 0 aromatic heterocycles. The van der Waals surface area contributed by atoms with Crippen LogP contribution in [0.15, 0.2) is 21.1 Å². The number of ether oxygens (including phenoxy) is 1. The summed E-state index contributed by atoms with van der Waals surface area (Å²) in [6.07, 6.45) is 1.95. The molecule has 0 aliphatic heterocycles. The molecule has 1 rings (SSSR count). The molecule has 5 heteroatoms. The van der Waals surface area contributed by atoms with Crippen molar-refractivity contribution in [2.45, 2.75) is 12.8 Å². The zero-order chi connectivity index (χ0) is 12.0. The largest absolute Gasteiger partial charge is 0.491 e. The van der Waals surface area contributed by atoms with Gasteiger partial charge in [0.2, 0.25) is 0 Å². The lowest BCUT2D eigenvalue weighted by Gasteiger charge is -2.11. The summed E-state index contributed by atoms with van der Waals surface area (Å²) in [4.78, 5) is 0. The Kier molecular flexibility index (Phi) is 6.34. The van der Waals surface area contributed by atoms with Crippen LogP contribution in [0.4, 0.5) is 0 Å². The average molecular weight is 354 g/mol. The van der Waals surface area contributed by atoms with Crippen molar-refractivity contribution < 1.29 is 16.2 Å². The fraction of sp³-hybridized carbons (Fsp3) is 0.455. The predicted molar refractivity (Wildman–Crippen MR) is 71.2 cm³/mol. The summed E-state index contributed by atoms with van der Waals surface area (Å²) in [5, 5.41) is 0. The van der Waals surface area contributed by atoms with Crippen molar-refractivity contribution in [1.82, 2.24) is 0 Å². The Balaban J connectivity index is 2.77. The van der Waals surface area contributed by atoms with Crippen molar-refractivity contribution in [3.63, 3.8) is 0 Å². The van der Waals surface area contributed by atoms with Crippen LogP contribution in [0.5, 0.6) is 5.75 Å². The fourth-order valence-corrected chi connectivity index (χ4v) is 2.89. The number of rotatable bonds is 6. The number of halogens is 2. The molecule has 16 heavy (non-hydrogen) atoms. The van der Waals surface area contributed by atoms with Crippen LogP contribution in [0.3, 0.4) is 0 Å². The van der Waals surface area contributed by atoms with E-state index in [1.807, 2.05) is 0 Å². The Morgan fingerprint density at radius 3 is 2.19 bits per heavy atom. The molecule has 0 saturated heterocycles. The topological polar surface area (TPSA) is 64.5 Å². The quantitative estimate of drug-likeness (QED) is 0.736. The van der Waals surface area contributed by atoms with Crippen molar-refractivity contribution in [3.05, 3.63) is 26.6 Å². The molecule has 1 aromatic rings. The molecule has 0 fully saturated rings. The molecule has 0 unspecified atom stereocenters. The van der Waals surface area contributed by atoms with Gasteiger partial charge in [-0.05, 0) is 49.6 Å². The van der Waals surface area contributed by atoms with Gasteiger partial charge in [-0.15, -0.1) is 0 Å². The van der Waals surface area contributed by atoms with Crippen molar-refractivity contribution in [2.75, 3.05) is 19.7 Å². The highest BCUT2D eigenvalue weighted by molar-refractivity contribution is 9.11. The molecule has 0 amide bonds. The minimum absolute atomic E-state index is 0.704. The molecular formula is C11H18Br2N2O+2. The Bertz CT molecular complexity index is 322. The average Bonchev–Trinajstić information content (AvgIpc) is 2.23. The number of benzene rings is 1. The Hall–Kier alpha value is -0.100. The van der Waals surface area contributed by atoms with Gasteiger partial charge >= 0.3 is 0 Å². The maximum atomic E-state index is 5.69. The van der Waals surface area contributed by atoms with Crippen LogP contribution in [-0.4, -0.2) is 19.7 Å². The van der Waals surface area contributed by atoms with Crippen molar-refractivity contribution in [2.24, 2.45) is 0 Å². The molecule has 6 N–H and O–H groups in total. The van der Waals surface area contributed by atoms with Crippen molar-refractivity contribution >= 4 is 31.9 Å². The van der Waals surface area contributed by atoms with E-state index < -0.39 is 0 Å². The van der Waals surface area contributed by atoms with E-state index in [0.717, 1.165) is 40.6 Å². The Morgan fingerprint density at radius 2 is 1.69 bits per heavy atom. The van der Waals surface area contributed by atoms with Gasteiger partial charge in [0, 0.05) is 12.8 Å². The minimum atomic E-state index is 0.704. The third-order valence-corrected chi connectivity index (χ3v) is 3.34. The van der Waals surface area contributed by atoms with E-state index in [9.17, 15) is 0 Å². The van der Waals surface area contributed by atoms with Gasteiger partial charge < -0.3 is 16.2 Å². The van der Waals surface area contributed by atoms with Gasteiger partial charge in [0.25, 0.3) is 0 Å². The molecule has 0 heterocycles. The molecule has 0 spiro atoms. The second-order valence-electron chi connectivity index (χ2n) is 3.55. The van der Waals surface area contributed by atoms with E-state index in [1.54, 1.807) is 0 Å². The van der Waals surface area contributed by atoms with Crippen molar-refractivity contribution in [1.29, 1.82) is 0 Å². The Labute approximate surface area is 113 Å². The predicted octanol–water partition coefficient (Wildman–Crippen LogP) is 1.01. The summed E-state index contributed by atoms with van der Waals surface area (Å²) >= 11 is 7.06. The molecule has 0 bridgehead atoms. The standard InChI is InChI=1S/C11H16Br2N2O/c12-9-6-8(2-4-15)7-10(13)11(9)16-5-1-3-14/h6-7H,1-5,14-15H2/p+2. The zero-order valence-corrected chi connectivity index (χ0v) is 12.4. The number of hydrogen-bond acceptors (Lipinski definition) is 1. The molecule has 90 valence electrons. The highest BCUT2D eigenvalue weighted by Gasteiger charge is 2.08. The van der Waals surface area contributed by atoms with E-state index in [4.69, 9.17) is 4.74 Å². The lowest BCUT2D eigenvalue weighted by molar-refractivity contribution is -0.369. The minimum Gasteiger partial charge on any atom is -0.491 e. The van der Waals surface area contributed by atoms with E-state index in [0.29, 0.717) is 6.61 Å². The van der Waals surface area contributed by atoms with Crippen LogP contribution in [0.25, 0.3) is 0 Å². The SMILES string of the molecule is [NH3+]CCCOc1c(Br)cc(CC[NH3+])cc1Br. The molecule has 1 aromatic carbocycles. The van der Waals surface area contributed by atoms with Crippen LogP contribution in [-0.2, 0) is 6.42 Å².